The molecule has 0 unspecified atom stereocenters. The zero-order valence-corrected chi connectivity index (χ0v) is 22.2. The molecule has 3 aromatic carbocycles. The summed E-state index contributed by atoms with van der Waals surface area (Å²) in [4.78, 5) is 25.1. The third kappa shape index (κ3) is 5.97. The van der Waals surface area contributed by atoms with E-state index in [0.29, 0.717) is 0 Å². The summed E-state index contributed by atoms with van der Waals surface area (Å²) in [6.45, 7) is 0. The Morgan fingerprint density at radius 2 is 1.27 bits per heavy atom. The maximum atomic E-state index is 15.1. The average molecular weight is 710 g/mol. The number of carbonyl (C=O) groups is 2. The van der Waals surface area contributed by atoms with Crippen LogP contribution < -0.4 is 10.6 Å². The number of amides is 2. The molecule has 3 aromatic rings. The summed E-state index contributed by atoms with van der Waals surface area (Å²) < 4.78 is 150. The Kier molecular flexibility index (Phi) is 8.68. The average Bonchev–Trinajstić information content (AvgIpc) is 2.86. The van der Waals surface area contributed by atoms with Crippen molar-refractivity contribution in [3.8, 4) is 11.1 Å². The van der Waals surface area contributed by atoms with Gasteiger partial charge in [-0.05, 0) is 52.4 Å². The van der Waals surface area contributed by atoms with Gasteiger partial charge in [-0.1, -0.05) is 30.3 Å². The fraction of sp³-hybridized carbons (Fsp3) is 0.200. The molecule has 2 amide bonds. The second-order valence-electron chi connectivity index (χ2n) is 8.28. The highest BCUT2D eigenvalue weighted by molar-refractivity contribution is 14.1. The molecule has 16 heteroatoms. The van der Waals surface area contributed by atoms with Gasteiger partial charge < -0.3 is 10.6 Å². The van der Waals surface area contributed by atoms with Gasteiger partial charge in [0.1, 0.15) is 5.82 Å². The van der Waals surface area contributed by atoms with Gasteiger partial charge in [-0.2, -0.15) is 39.5 Å². The maximum Gasteiger partial charge on any atom is 0.435 e. The van der Waals surface area contributed by atoms with Crippen molar-refractivity contribution in [2.45, 2.75) is 24.2 Å². The molecule has 2 N–H and O–H groups in total. The summed E-state index contributed by atoms with van der Waals surface area (Å²) in [7, 11) is 1.22. The van der Waals surface area contributed by atoms with E-state index in [9.17, 15) is 53.5 Å². The molecular weight excluding hydrogens is 696 g/mol. The number of benzene rings is 3. The van der Waals surface area contributed by atoms with Crippen molar-refractivity contribution in [2.24, 2.45) is 0 Å². The SMILES string of the molecule is CNC(=O)c1cccc(-c2ccccc2C(=O)Nc2c(I)cc(C(F)(C(F)(F)F)C(F)(F)F)cc2C(F)(F)F)c1F. The monoisotopic (exact) mass is 710 g/mol. The van der Waals surface area contributed by atoms with Crippen molar-refractivity contribution >= 4 is 40.1 Å². The number of hydrogen-bond donors (Lipinski definition) is 2. The summed E-state index contributed by atoms with van der Waals surface area (Å²) in [6.07, 6.45) is -19.0. The zero-order chi connectivity index (χ0) is 31.1. The van der Waals surface area contributed by atoms with E-state index in [0.717, 1.165) is 40.8 Å². The second kappa shape index (κ2) is 11.1. The lowest BCUT2D eigenvalue weighted by molar-refractivity contribution is -0.348. The minimum atomic E-state index is -6.69. The first-order valence-corrected chi connectivity index (χ1v) is 12.0. The first kappa shape index (κ1) is 32.1. The molecule has 0 aliphatic rings. The number of carbonyl (C=O) groups excluding carboxylic acids is 2. The number of alkyl halides is 10. The van der Waals surface area contributed by atoms with Crippen LogP contribution in [0.1, 0.15) is 31.8 Å². The van der Waals surface area contributed by atoms with E-state index in [1.165, 1.54) is 31.3 Å². The molecule has 0 aromatic heterocycles. The Hall–Kier alpha value is -3.44. The Balaban J connectivity index is 2.18. The number of rotatable bonds is 5. The number of anilines is 1. The van der Waals surface area contributed by atoms with Crippen molar-refractivity contribution in [3.63, 3.8) is 0 Å². The van der Waals surface area contributed by atoms with E-state index in [1.54, 1.807) is 5.32 Å². The minimum Gasteiger partial charge on any atom is -0.355 e. The van der Waals surface area contributed by atoms with Gasteiger partial charge in [0.25, 0.3) is 11.8 Å². The zero-order valence-electron chi connectivity index (χ0n) is 20.0. The van der Waals surface area contributed by atoms with Crippen LogP contribution in [0, 0.1) is 9.39 Å². The van der Waals surface area contributed by atoms with Crippen molar-refractivity contribution in [1.29, 1.82) is 0 Å². The highest BCUT2D eigenvalue weighted by atomic mass is 127. The number of nitrogens with one attached hydrogen (secondary N) is 2. The summed E-state index contributed by atoms with van der Waals surface area (Å²) in [5.41, 5.74) is -13.5. The quantitative estimate of drug-likeness (QED) is 0.208. The molecule has 3 rings (SSSR count). The minimum absolute atomic E-state index is 0.120. The van der Waals surface area contributed by atoms with E-state index >= 15 is 4.39 Å². The molecule has 0 radical (unpaired) electrons. The van der Waals surface area contributed by atoms with Gasteiger partial charge in [0.05, 0.1) is 16.8 Å². The van der Waals surface area contributed by atoms with Gasteiger partial charge in [-0.3, -0.25) is 9.59 Å². The molecule has 4 nitrogen and oxygen atoms in total. The maximum absolute atomic E-state index is 15.1. The van der Waals surface area contributed by atoms with Crippen LogP contribution in [0.2, 0.25) is 0 Å². The van der Waals surface area contributed by atoms with Crippen LogP contribution in [0.5, 0.6) is 0 Å². The normalized spacial score (nSPS) is 12.7. The van der Waals surface area contributed by atoms with Gasteiger partial charge >= 0.3 is 24.2 Å². The van der Waals surface area contributed by atoms with E-state index < -0.39 is 79.4 Å². The lowest BCUT2D eigenvalue weighted by atomic mass is 9.91. The van der Waals surface area contributed by atoms with Crippen LogP contribution in [0.3, 0.4) is 0 Å². The smallest absolute Gasteiger partial charge is 0.355 e. The molecule has 0 fully saturated rings. The summed E-state index contributed by atoms with van der Waals surface area (Å²) in [5, 5.41) is 3.98. The summed E-state index contributed by atoms with van der Waals surface area (Å²) in [6, 6.07) is 7.52. The second-order valence-corrected chi connectivity index (χ2v) is 9.44. The topological polar surface area (TPSA) is 58.2 Å². The standard InChI is InChI=1S/C25H14F11IN2O2/c1-38-20(40)15-8-4-7-13(18(15)26)12-5-2-3-6-14(12)21(41)39-19-16(23(28,29)30)9-11(10-17(19)37)22(27,24(31,32)33)25(34,35)36/h2-10H,1H3,(H,38,40)(H,39,41). The van der Waals surface area contributed by atoms with E-state index in [1.807, 2.05) is 0 Å². The first-order valence-electron chi connectivity index (χ1n) is 10.9. The molecule has 0 aliphatic heterocycles. The first-order chi connectivity index (χ1) is 18.8. The molecule has 0 bridgehead atoms. The molecule has 41 heavy (non-hydrogen) atoms. The van der Waals surface area contributed by atoms with Crippen molar-refractivity contribution in [2.75, 3.05) is 12.4 Å². The Morgan fingerprint density at radius 3 is 1.80 bits per heavy atom. The molecule has 0 spiro atoms. The molecule has 0 saturated carbocycles. The van der Waals surface area contributed by atoms with Gasteiger partial charge in [0.15, 0.2) is 0 Å². The van der Waals surface area contributed by atoms with Crippen molar-refractivity contribution < 1.29 is 57.9 Å². The molecule has 0 saturated heterocycles. The van der Waals surface area contributed by atoms with Crippen molar-refractivity contribution in [1.82, 2.24) is 5.32 Å². The van der Waals surface area contributed by atoms with Crippen molar-refractivity contribution in [3.05, 3.63) is 86.2 Å². The largest absolute Gasteiger partial charge is 0.435 e. The van der Waals surface area contributed by atoms with Gasteiger partial charge in [-0.15, -0.1) is 0 Å². The third-order valence-electron chi connectivity index (χ3n) is 5.75. The van der Waals surface area contributed by atoms with Crippen LogP contribution >= 0.6 is 22.6 Å². The molecule has 220 valence electrons. The lowest BCUT2D eigenvalue weighted by Crippen LogP contribution is -2.50. The molecule has 0 atom stereocenters. The fourth-order valence-electron chi connectivity index (χ4n) is 3.79. The van der Waals surface area contributed by atoms with Gasteiger partial charge in [0.2, 0.25) is 0 Å². The number of hydrogen-bond acceptors (Lipinski definition) is 2. The Bertz CT molecular complexity index is 1480. The molecular formula is C25H14F11IN2O2. The van der Waals surface area contributed by atoms with E-state index in [-0.39, 0.29) is 17.2 Å². The summed E-state index contributed by atoms with van der Waals surface area (Å²) >= 11 is 0.921. The van der Waals surface area contributed by atoms with Crippen LogP contribution in [0.15, 0.2) is 54.6 Å². The highest BCUT2D eigenvalue weighted by Crippen LogP contribution is 2.54. The van der Waals surface area contributed by atoms with E-state index in [2.05, 4.69) is 5.32 Å². The van der Waals surface area contributed by atoms with Crippen LogP contribution in [0.4, 0.5) is 54.0 Å². The number of halogens is 12. The van der Waals surface area contributed by atoms with E-state index in [4.69, 9.17) is 0 Å². The highest BCUT2D eigenvalue weighted by Gasteiger charge is 2.73. The lowest BCUT2D eigenvalue weighted by Gasteiger charge is -2.31. The van der Waals surface area contributed by atoms with Gasteiger partial charge in [-0.25, -0.2) is 8.78 Å². The van der Waals surface area contributed by atoms with Crippen LogP contribution in [-0.4, -0.2) is 31.2 Å². The Morgan fingerprint density at radius 1 is 0.732 bits per heavy atom. The van der Waals surface area contributed by atoms with Crippen LogP contribution in [0.25, 0.3) is 11.1 Å². The third-order valence-corrected chi connectivity index (χ3v) is 6.60. The molecule has 0 aliphatic carbocycles. The Labute approximate surface area is 237 Å². The molecule has 0 heterocycles. The van der Waals surface area contributed by atoms with Gasteiger partial charge in [0, 0.05) is 27.3 Å². The van der Waals surface area contributed by atoms with Crippen LogP contribution in [-0.2, 0) is 11.8 Å². The predicted octanol–water partition coefficient (Wildman–Crippen LogP) is 8.02. The summed E-state index contributed by atoms with van der Waals surface area (Å²) in [5.74, 6) is -3.31. The fourth-order valence-corrected chi connectivity index (χ4v) is 4.55. The predicted molar refractivity (Wildman–Crippen MR) is 132 cm³/mol.